The van der Waals surface area contributed by atoms with E-state index >= 15 is 0 Å². The van der Waals surface area contributed by atoms with Crippen molar-refractivity contribution in [2.75, 3.05) is 0 Å². The van der Waals surface area contributed by atoms with E-state index in [0.29, 0.717) is 33.3 Å². The number of pyridine rings is 1. The van der Waals surface area contributed by atoms with E-state index in [4.69, 9.17) is 4.74 Å². The van der Waals surface area contributed by atoms with E-state index in [9.17, 15) is 14.0 Å². The maximum absolute atomic E-state index is 13.9. The van der Waals surface area contributed by atoms with Crippen LogP contribution >= 0.6 is 0 Å². The van der Waals surface area contributed by atoms with Gasteiger partial charge in [-0.15, -0.1) is 0 Å². The highest BCUT2D eigenvalue weighted by molar-refractivity contribution is 6.12. The van der Waals surface area contributed by atoms with Crippen molar-refractivity contribution >= 4 is 23.1 Å². The molecule has 186 valence electrons. The number of nitrogens with zero attached hydrogens (tertiary/aromatic N) is 2. The Morgan fingerprint density at radius 2 is 1.55 bits per heavy atom. The number of hydrogen-bond donors (Lipinski definition) is 0. The number of hydrogen-bond acceptors (Lipinski definition) is 4. The van der Waals surface area contributed by atoms with Gasteiger partial charge in [0, 0.05) is 30.2 Å². The minimum Gasteiger partial charge on any atom is -0.478 e. The minimum atomic E-state index is -0.507. The van der Waals surface area contributed by atoms with E-state index in [1.165, 1.54) is 12.1 Å². The smallest absolute Gasteiger partial charge is 0.258 e. The van der Waals surface area contributed by atoms with Crippen LogP contribution in [0.15, 0.2) is 103 Å². The van der Waals surface area contributed by atoms with Gasteiger partial charge in [-0.25, -0.2) is 4.39 Å². The first-order chi connectivity index (χ1) is 18.6. The molecule has 0 bridgehead atoms. The Balaban J connectivity index is 1.51. The summed E-state index contributed by atoms with van der Waals surface area (Å²) in [4.78, 5) is 32.4. The molecule has 0 fully saturated rings. The van der Waals surface area contributed by atoms with Crippen LogP contribution in [-0.2, 0) is 13.1 Å². The molecular weight excluding hydrogens is 479 g/mol. The summed E-state index contributed by atoms with van der Waals surface area (Å²) in [6, 6.07) is 29.2. The van der Waals surface area contributed by atoms with E-state index in [2.05, 4.69) is 4.98 Å². The largest absolute Gasteiger partial charge is 0.478 e. The number of fused-ring (bicyclic) bond motifs is 2. The van der Waals surface area contributed by atoms with Crippen LogP contribution in [0.1, 0.15) is 49.1 Å². The summed E-state index contributed by atoms with van der Waals surface area (Å²) in [6.07, 6.45) is 1.91. The molecule has 38 heavy (non-hydrogen) atoms. The predicted molar refractivity (Wildman–Crippen MR) is 142 cm³/mol. The van der Waals surface area contributed by atoms with Gasteiger partial charge in [-0.3, -0.25) is 14.6 Å². The van der Waals surface area contributed by atoms with Gasteiger partial charge in [-0.1, -0.05) is 78.9 Å². The third-order valence-corrected chi connectivity index (χ3v) is 6.86. The van der Waals surface area contributed by atoms with Crippen LogP contribution in [0.4, 0.5) is 4.39 Å². The number of rotatable bonds is 7. The molecule has 6 rings (SSSR count). The van der Waals surface area contributed by atoms with Gasteiger partial charge in [-0.2, -0.15) is 0 Å². The first kappa shape index (κ1) is 23.6. The lowest BCUT2D eigenvalue weighted by Gasteiger charge is -2.23. The Morgan fingerprint density at radius 3 is 2.18 bits per heavy atom. The maximum Gasteiger partial charge on any atom is 0.258 e. The van der Waals surface area contributed by atoms with Crippen molar-refractivity contribution in [3.8, 4) is 5.75 Å². The summed E-state index contributed by atoms with van der Waals surface area (Å²) in [5.41, 5.74) is 4.48. The number of carbonyl (C=O) groups is 2. The normalized spacial score (nSPS) is 12.7. The topological polar surface area (TPSA) is 59.5 Å². The van der Waals surface area contributed by atoms with Crippen LogP contribution in [0.3, 0.4) is 0 Å². The lowest BCUT2D eigenvalue weighted by Crippen LogP contribution is -2.23. The average Bonchev–Trinajstić information content (AvgIpc) is 3.28. The fourth-order valence-corrected chi connectivity index (χ4v) is 5.06. The number of carbonyl (C=O) groups excluding carboxylic acids is 2. The summed E-state index contributed by atoms with van der Waals surface area (Å²) in [5, 5.41) is 0.632. The number of ether oxygens (including phenoxy) is 1. The van der Waals surface area contributed by atoms with Gasteiger partial charge in [0.05, 0.1) is 5.56 Å². The first-order valence-electron chi connectivity index (χ1n) is 12.3. The average molecular weight is 503 g/mol. The Morgan fingerprint density at radius 1 is 0.895 bits per heavy atom. The molecule has 1 amide bonds. The van der Waals surface area contributed by atoms with Gasteiger partial charge in [0.2, 0.25) is 0 Å². The molecule has 4 aromatic carbocycles. The van der Waals surface area contributed by atoms with Crippen molar-refractivity contribution in [1.29, 1.82) is 0 Å². The highest BCUT2D eigenvalue weighted by Crippen LogP contribution is 2.42. The zero-order valence-corrected chi connectivity index (χ0v) is 20.4. The van der Waals surface area contributed by atoms with E-state index in [-0.39, 0.29) is 24.8 Å². The molecule has 0 unspecified atom stereocenters. The van der Waals surface area contributed by atoms with E-state index in [1.807, 2.05) is 66.7 Å². The molecule has 0 aliphatic carbocycles. The van der Waals surface area contributed by atoms with Crippen molar-refractivity contribution in [1.82, 2.24) is 9.88 Å². The van der Waals surface area contributed by atoms with Crippen LogP contribution in [0.5, 0.6) is 5.75 Å². The molecular formula is C32H23FN2O3. The highest BCUT2D eigenvalue weighted by Gasteiger charge is 2.36. The fourth-order valence-electron chi connectivity index (χ4n) is 5.06. The molecule has 0 spiro atoms. The standard InChI is InChI=1S/C32H23FN2O3/c33-24-15-13-21(14-16-24)18-35-19-26-27(20-36)25-12-7-17-34-29(25)31(28(26)32(35)37)38-30(22-8-3-1-4-9-22)23-10-5-2-6-11-23/h1-17,20,30H,18-19H2. The van der Waals surface area contributed by atoms with Crippen molar-refractivity contribution in [3.05, 3.63) is 142 Å². The summed E-state index contributed by atoms with van der Waals surface area (Å²) in [6.45, 7) is 0.512. The number of halogens is 1. The third kappa shape index (κ3) is 4.20. The summed E-state index contributed by atoms with van der Waals surface area (Å²) < 4.78 is 20.2. The molecule has 0 saturated heterocycles. The Hall–Kier alpha value is -4.84. The summed E-state index contributed by atoms with van der Waals surface area (Å²) in [7, 11) is 0. The lowest BCUT2D eigenvalue weighted by molar-refractivity contribution is 0.0762. The Labute approximate surface area is 219 Å². The van der Waals surface area contributed by atoms with Crippen molar-refractivity contribution in [3.63, 3.8) is 0 Å². The van der Waals surface area contributed by atoms with E-state index in [0.717, 1.165) is 23.0 Å². The SMILES string of the molecule is O=Cc1c2c(c(OC(c3ccccc3)c3ccccc3)c3ncccc13)C(=O)N(Cc1ccc(F)cc1)C2. The van der Waals surface area contributed by atoms with E-state index in [1.54, 1.807) is 29.3 Å². The number of aromatic nitrogens is 1. The van der Waals surface area contributed by atoms with Gasteiger partial charge >= 0.3 is 0 Å². The van der Waals surface area contributed by atoms with Gasteiger partial charge in [0.15, 0.2) is 12.0 Å². The lowest BCUT2D eigenvalue weighted by atomic mass is 9.96. The van der Waals surface area contributed by atoms with Crippen molar-refractivity contribution < 1.29 is 18.7 Å². The highest BCUT2D eigenvalue weighted by atomic mass is 19.1. The van der Waals surface area contributed by atoms with Crippen molar-refractivity contribution in [2.24, 2.45) is 0 Å². The van der Waals surface area contributed by atoms with Crippen LogP contribution in [-0.4, -0.2) is 22.1 Å². The maximum atomic E-state index is 13.9. The Bertz CT molecular complexity index is 1600. The molecule has 0 saturated carbocycles. The molecule has 2 heterocycles. The van der Waals surface area contributed by atoms with Crippen LogP contribution in [0.2, 0.25) is 0 Å². The minimum absolute atomic E-state index is 0.238. The van der Waals surface area contributed by atoms with Crippen LogP contribution < -0.4 is 4.74 Å². The second-order valence-electron chi connectivity index (χ2n) is 9.22. The second-order valence-corrected chi connectivity index (χ2v) is 9.22. The molecule has 1 aliphatic rings. The predicted octanol–water partition coefficient (Wildman–Crippen LogP) is 6.51. The quantitative estimate of drug-likeness (QED) is 0.238. The van der Waals surface area contributed by atoms with Crippen LogP contribution in [0.25, 0.3) is 10.9 Å². The summed E-state index contributed by atoms with van der Waals surface area (Å²) in [5.74, 6) is -0.241. The molecule has 0 atom stereocenters. The van der Waals surface area contributed by atoms with Gasteiger partial charge in [-0.05, 0) is 40.5 Å². The number of benzene rings is 4. The van der Waals surface area contributed by atoms with Crippen LogP contribution in [0, 0.1) is 5.82 Å². The van der Waals surface area contributed by atoms with Gasteiger partial charge in [0.25, 0.3) is 5.91 Å². The first-order valence-corrected chi connectivity index (χ1v) is 12.3. The van der Waals surface area contributed by atoms with Crippen molar-refractivity contribution in [2.45, 2.75) is 19.2 Å². The molecule has 6 heteroatoms. The van der Waals surface area contributed by atoms with E-state index < -0.39 is 6.10 Å². The summed E-state index contributed by atoms with van der Waals surface area (Å²) >= 11 is 0. The third-order valence-electron chi connectivity index (χ3n) is 6.86. The number of aldehydes is 1. The zero-order valence-electron chi connectivity index (χ0n) is 20.4. The van der Waals surface area contributed by atoms with Gasteiger partial charge < -0.3 is 9.64 Å². The monoisotopic (exact) mass is 502 g/mol. The molecule has 0 N–H and O–H groups in total. The second kappa shape index (κ2) is 9.90. The molecule has 0 radical (unpaired) electrons. The molecule has 1 aromatic heterocycles. The fraction of sp³-hybridized carbons (Fsp3) is 0.0938. The van der Waals surface area contributed by atoms with Gasteiger partial charge in [0.1, 0.15) is 17.4 Å². The Kier molecular flexibility index (Phi) is 6.14. The molecule has 1 aliphatic heterocycles. The molecule has 5 aromatic rings. The number of amides is 1. The zero-order chi connectivity index (χ0) is 26.1. The molecule has 5 nitrogen and oxygen atoms in total.